The van der Waals surface area contributed by atoms with Crippen molar-refractivity contribution in [3.63, 3.8) is 0 Å². The van der Waals surface area contributed by atoms with Crippen molar-refractivity contribution in [3.05, 3.63) is 65.2 Å². The molecule has 0 spiro atoms. The molecule has 0 unspecified atom stereocenters. The number of amides is 1. The minimum Gasteiger partial charge on any atom is -0.497 e. The molecule has 27 heavy (non-hydrogen) atoms. The van der Waals surface area contributed by atoms with Crippen LogP contribution in [0.2, 0.25) is 0 Å². The number of ether oxygens (including phenoxy) is 1. The second-order valence-corrected chi connectivity index (χ2v) is 8.44. The number of carbonyl (C=O) groups excluding carboxylic acids is 1. The Labute approximate surface area is 161 Å². The first kappa shape index (κ1) is 20.9. The number of rotatable bonds is 9. The van der Waals surface area contributed by atoms with E-state index in [2.05, 4.69) is 5.32 Å². The zero-order valence-electron chi connectivity index (χ0n) is 15.9. The summed E-state index contributed by atoms with van der Waals surface area (Å²) in [5.41, 5.74) is 2.98. The highest BCUT2D eigenvalue weighted by molar-refractivity contribution is 7.88. The summed E-state index contributed by atoms with van der Waals surface area (Å²) in [5, 5.41) is 2.83. The van der Waals surface area contributed by atoms with Gasteiger partial charge in [-0.3, -0.25) is 4.79 Å². The van der Waals surface area contributed by atoms with Gasteiger partial charge in [0, 0.05) is 26.1 Å². The van der Waals surface area contributed by atoms with Crippen molar-refractivity contribution in [3.8, 4) is 5.75 Å². The third kappa shape index (κ3) is 7.03. The van der Waals surface area contributed by atoms with E-state index in [1.54, 1.807) is 19.2 Å². The minimum atomic E-state index is -3.43. The van der Waals surface area contributed by atoms with Crippen LogP contribution in [-0.4, -0.2) is 38.5 Å². The molecule has 0 fully saturated rings. The van der Waals surface area contributed by atoms with Crippen LogP contribution >= 0.6 is 0 Å². The van der Waals surface area contributed by atoms with Crippen molar-refractivity contribution in [1.29, 1.82) is 0 Å². The first-order valence-corrected chi connectivity index (χ1v) is 10.5. The number of hydrogen-bond acceptors (Lipinski definition) is 4. The van der Waals surface area contributed by atoms with Gasteiger partial charge in [0.2, 0.25) is 15.9 Å². The molecule has 0 aliphatic heterocycles. The monoisotopic (exact) mass is 390 g/mol. The number of nitrogens with zero attached hydrogens (tertiary/aromatic N) is 1. The minimum absolute atomic E-state index is 0.106. The molecule has 6 nitrogen and oxygen atoms in total. The highest BCUT2D eigenvalue weighted by atomic mass is 32.2. The maximum absolute atomic E-state index is 12.1. The lowest BCUT2D eigenvalue weighted by atomic mass is 10.1. The molecule has 2 aromatic rings. The Hall–Kier alpha value is -2.38. The molecule has 2 rings (SSSR count). The predicted molar refractivity (Wildman–Crippen MR) is 106 cm³/mol. The van der Waals surface area contributed by atoms with Gasteiger partial charge in [-0.2, -0.15) is 4.31 Å². The highest BCUT2D eigenvalue weighted by Gasteiger charge is 2.18. The predicted octanol–water partition coefficient (Wildman–Crippen LogP) is 2.47. The molecule has 1 amide bonds. The molecule has 0 aliphatic carbocycles. The average molecular weight is 391 g/mol. The number of benzene rings is 2. The summed E-state index contributed by atoms with van der Waals surface area (Å²) in [6, 6.07) is 15.1. The van der Waals surface area contributed by atoms with Crippen LogP contribution in [0.4, 0.5) is 0 Å². The number of sulfonamides is 1. The molecule has 0 heterocycles. The van der Waals surface area contributed by atoms with Crippen molar-refractivity contribution in [2.24, 2.45) is 0 Å². The molecular formula is C20H26N2O4S. The van der Waals surface area contributed by atoms with Crippen LogP contribution in [0.1, 0.15) is 23.1 Å². The van der Waals surface area contributed by atoms with Crippen molar-refractivity contribution < 1.29 is 17.9 Å². The van der Waals surface area contributed by atoms with Crippen LogP contribution in [0.25, 0.3) is 0 Å². The van der Waals surface area contributed by atoms with Crippen LogP contribution in [-0.2, 0) is 27.9 Å². The molecule has 2 aromatic carbocycles. The fraction of sp³-hybridized carbons (Fsp3) is 0.350. The Bertz CT molecular complexity index is 864. The summed E-state index contributed by atoms with van der Waals surface area (Å²) in [6.07, 6.45) is 1.26. The van der Waals surface area contributed by atoms with E-state index in [4.69, 9.17) is 4.74 Å². The maximum Gasteiger partial charge on any atom is 0.221 e. The van der Waals surface area contributed by atoms with Crippen molar-refractivity contribution in [2.75, 3.05) is 19.9 Å². The second kappa shape index (κ2) is 9.53. The van der Waals surface area contributed by atoms with Crippen LogP contribution < -0.4 is 10.1 Å². The molecule has 0 atom stereocenters. The van der Waals surface area contributed by atoms with E-state index in [9.17, 15) is 13.2 Å². The Morgan fingerprint density at radius 3 is 2.41 bits per heavy atom. The van der Waals surface area contributed by atoms with Crippen molar-refractivity contribution in [1.82, 2.24) is 9.62 Å². The fourth-order valence-electron chi connectivity index (χ4n) is 2.63. The van der Waals surface area contributed by atoms with Crippen LogP contribution in [0, 0.1) is 6.92 Å². The SMILES string of the molecule is COc1ccc(CN(CCC(=O)NCc2cccc(C)c2)S(C)(=O)=O)cc1. The van der Waals surface area contributed by atoms with Crippen molar-refractivity contribution >= 4 is 15.9 Å². The zero-order chi connectivity index (χ0) is 19.9. The van der Waals surface area contributed by atoms with E-state index >= 15 is 0 Å². The van der Waals surface area contributed by atoms with Gasteiger partial charge >= 0.3 is 0 Å². The van der Waals surface area contributed by atoms with E-state index in [1.165, 1.54) is 4.31 Å². The van der Waals surface area contributed by atoms with Gasteiger partial charge in [0.25, 0.3) is 0 Å². The largest absolute Gasteiger partial charge is 0.497 e. The third-order valence-corrected chi connectivity index (χ3v) is 5.40. The Morgan fingerprint density at radius 1 is 1.11 bits per heavy atom. The number of carbonyl (C=O) groups is 1. The van der Waals surface area contributed by atoms with Gasteiger partial charge in [0.1, 0.15) is 5.75 Å². The quantitative estimate of drug-likeness (QED) is 0.714. The molecule has 0 aliphatic rings. The van der Waals surface area contributed by atoms with Gasteiger partial charge in [-0.05, 0) is 30.2 Å². The average Bonchev–Trinajstić information content (AvgIpc) is 2.63. The standard InChI is InChI=1S/C20H26N2O4S/c1-16-5-4-6-18(13-16)14-21-20(23)11-12-22(27(3,24)25)15-17-7-9-19(26-2)10-8-17/h4-10,13H,11-12,14-15H2,1-3H3,(H,21,23). The van der Waals surface area contributed by atoms with Gasteiger partial charge in [-0.1, -0.05) is 42.0 Å². The highest BCUT2D eigenvalue weighted by Crippen LogP contribution is 2.14. The molecule has 0 bridgehead atoms. The Kier molecular flexibility index (Phi) is 7.38. The molecule has 0 radical (unpaired) electrons. The summed E-state index contributed by atoms with van der Waals surface area (Å²) < 4.78 is 30.5. The summed E-state index contributed by atoms with van der Waals surface area (Å²) in [4.78, 5) is 12.1. The summed E-state index contributed by atoms with van der Waals surface area (Å²) in [7, 11) is -1.85. The van der Waals surface area contributed by atoms with E-state index in [1.807, 2.05) is 43.3 Å². The van der Waals surface area contributed by atoms with Crippen LogP contribution in [0.5, 0.6) is 5.75 Å². The van der Waals surface area contributed by atoms with Gasteiger partial charge in [0.15, 0.2) is 0 Å². The first-order valence-electron chi connectivity index (χ1n) is 8.68. The lowest BCUT2D eigenvalue weighted by molar-refractivity contribution is -0.121. The lowest BCUT2D eigenvalue weighted by Gasteiger charge is -2.20. The van der Waals surface area contributed by atoms with E-state index in [-0.39, 0.29) is 25.4 Å². The zero-order valence-corrected chi connectivity index (χ0v) is 16.8. The van der Waals surface area contributed by atoms with Crippen LogP contribution in [0.3, 0.4) is 0 Å². The second-order valence-electron chi connectivity index (χ2n) is 6.46. The normalized spacial score (nSPS) is 11.4. The number of hydrogen-bond donors (Lipinski definition) is 1. The molecule has 0 saturated carbocycles. The molecule has 7 heteroatoms. The first-order chi connectivity index (χ1) is 12.8. The van der Waals surface area contributed by atoms with Crippen LogP contribution in [0.15, 0.2) is 48.5 Å². The molecule has 1 N–H and O–H groups in total. The third-order valence-electron chi connectivity index (χ3n) is 4.15. The Balaban J connectivity index is 1.90. The van der Waals surface area contributed by atoms with Crippen molar-refractivity contribution in [2.45, 2.75) is 26.4 Å². The van der Waals surface area contributed by atoms with E-state index in [0.717, 1.165) is 22.9 Å². The molecule has 146 valence electrons. The molecule has 0 saturated heterocycles. The number of aryl methyl sites for hydroxylation is 1. The summed E-state index contributed by atoms with van der Waals surface area (Å²) in [5.74, 6) is 0.528. The van der Waals surface area contributed by atoms with Gasteiger partial charge in [0.05, 0.1) is 13.4 Å². The maximum atomic E-state index is 12.1. The van der Waals surface area contributed by atoms with Gasteiger partial charge in [-0.15, -0.1) is 0 Å². The Morgan fingerprint density at radius 2 is 1.81 bits per heavy atom. The van der Waals surface area contributed by atoms with E-state index < -0.39 is 10.0 Å². The smallest absolute Gasteiger partial charge is 0.221 e. The topological polar surface area (TPSA) is 75.7 Å². The molecular weight excluding hydrogens is 364 g/mol. The summed E-state index contributed by atoms with van der Waals surface area (Å²) >= 11 is 0. The summed E-state index contributed by atoms with van der Waals surface area (Å²) in [6.45, 7) is 2.77. The fourth-order valence-corrected chi connectivity index (χ4v) is 3.44. The molecule has 0 aromatic heterocycles. The van der Waals surface area contributed by atoms with E-state index in [0.29, 0.717) is 12.3 Å². The van der Waals surface area contributed by atoms with Gasteiger partial charge in [-0.25, -0.2) is 8.42 Å². The number of nitrogens with one attached hydrogen (secondary N) is 1. The lowest BCUT2D eigenvalue weighted by Crippen LogP contribution is -2.34. The number of methoxy groups -OCH3 is 1. The van der Waals surface area contributed by atoms with Gasteiger partial charge < -0.3 is 10.1 Å².